The van der Waals surface area contributed by atoms with Crippen molar-refractivity contribution in [1.29, 1.82) is 0 Å². The molecular formula is C20H18N2O4S. The first-order valence-electron chi connectivity index (χ1n) is 8.44. The highest BCUT2D eigenvalue weighted by Gasteiger charge is 2.36. The van der Waals surface area contributed by atoms with E-state index in [4.69, 9.17) is 0 Å². The van der Waals surface area contributed by atoms with Gasteiger partial charge < -0.3 is 0 Å². The second kappa shape index (κ2) is 7.75. The van der Waals surface area contributed by atoms with E-state index in [0.717, 1.165) is 22.2 Å². The van der Waals surface area contributed by atoms with Crippen molar-refractivity contribution in [2.24, 2.45) is 0 Å². The zero-order chi connectivity index (χ0) is 19.6. The van der Waals surface area contributed by atoms with Crippen molar-refractivity contribution in [1.82, 2.24) is 4.90 Å². The molecule has 0 radical (unpaired) electrons. The van der Waals surface area contributed by atoms with Crippen molar-refractivity contribution in [3.05, 3.63) is 80.2 Å². The molecule has 1 aliphatic heterocycles. The average Bonchev–Trinajstić information content (AvgIpc) is 2.90. The number of hydrogen-bond donors (Lipinski definition) is 0. The maximum absolute atomic E-state index is 12.6. The van der Waals surface area contributed by atoms with E-state index >= 15 is 0 Å². The molecule has 2 amide bonds. The molecular weight excluding hydrogens is 364 g/mol. The summed E-state index contributed by atoms with van der Waals surface area (Å²) in [5, 5.41) is 10.7. The molecule has 138 valence electrons. The molecule has 0 atom stereocenters. The van der Waals surface area contributed by atoms with Crippen molar-refractivity contribution in [3.8, 4) is 0 Å². The minimum atomic E-state index is -0.513. The number of carbonyl (C=O) groups is 2. The minimum Gasteiger partial charge on any atom is -0.268 e. The molecule has 1 heterocycles. The number of para-hydroxylation sites is 1. The van der Waals surface area contributed by atoms with Crippen LogP contribution in [-0.4, -0.2) is 21.0 Å². The molecule has 0 saturated carbocycles. The third kappa shape index (κ3) is 4.09. The predicted octanol–water partition coefficient (Wildman–Crippen LogP) is 4.95. The normalized spacial score (nSPS) is 15.8. The van der Waals surface area contributed by atoms with Gasteiger partial charge in [0.05, 0.1) is 16.4 Å². The highest BCUT2D eigenvalue weighted by atomic mass is 32.2. The topological polar surface area (TPSA) is 80.5 Å². The first-order valence-corrected chi connectivity index (χ1v) is 9.26. The van der Waals surface area contributed by atoms with E-state index in [1.54, 1.807) is 24.3 Å². The second-order valence-corrected chi connectivity index (χ2v) is 7.47. The molecule has 2 aromatic carbocycles. The lowest BCUT2D eigenvalue weighted by Gasteiger charge is -2.12. The van der Waals surface area contributed by atoms with Gasteiger partial charge in [0.2, 0.25) is 0 Å². The molecule has 1 aliphatic rings. The number of thioether (sulfide) groups is 1. The van der Waals surface area contributed by atoms with Crippen LogP contribution in [0.2, 0.25) is 0 Å². The summed E-state index contributed by atoms with van der Waals surface area (Å²) in [4.78, 5) is 36.9. The number of nitro groups is 1. The van der Waals surface area contributed by atoms with E-state index in [9.17, 15) is 19.7 Å². The highest BCUT2D eigenvalue weighted by molar-refractivity contribution is 8.18. The Balaban J connectivity index is 1.82. The summed E-state index contributed by atoms with van der Waals surface area (Å²) in [6.07, 6.45) is 1.68. The summed E-state index contributed by atoms with van der Waals surface area (Å²) in [5.41, 5.74) is 2.24. The van der Waals surface area contributed by atoms with Crippen LogP contribution >= 0.6 is 11.8 Å². The number of amides is 2. The van der Waals surface area contributed by atoms with Crippen molar-refractivity contribution in [2.75, 3.05) is 0 Å². The molecule has 0 unspecified atom stereocenters. The Morgan fingerprint density at radius 3 is 2.41 bits per heavy atom. The van der Waals surface area contributed by atoms with Gasteiger partial charge in [0, 0.05) is 11.6 Å². The lowest BCUT2D eigenvalue weighted by molar-refractivity contribution is -0.385. The Labute approximate surface area is 161 Å². The number of rotatable bonds is 5. The molecule has 0 bridgehead atoms. The van der Waals surface area contributed by atoms with Crippen LogP contribution in [0.4, 0.5) is 10.5 Å². The lowest BCUT2D eigenvalue weighted by Crippen LogP contribution is -2.27. The maximum Gasteiger partial charge on any atom is 0.293 e. The zero-order valence-corrected chi connectivity index (χ0v) is 15.7. The third-order valence-corrected chi connectivity index (χ3v) is 5.20. The number of imide groups is 1. The van der Waals surface area contributed by atoms with Gasteiger partial charge in [-0.2, -0.15) is 0 Å². The first kappa shape index (κ1) is 18.8. The van der Waals surface area contributed by atoms with E-state index in [-0.39, 0.29) is 12.2 Å². The van der Waals surface area contributed by atoms with Gasteiger partial charge in [-0.25, -0.2) is 0 Å². The van der Waals surface area contributed by atoms with Crippen molar-refractivity contribution in [3.63, 3.8) is 0 Å². The molecule has 0 aromatic heterocycles. The van der Waals surface area contributed by atoms with Crippen LogP contribution in [0.3, 0.4) is 0 Å². The lowest BCUT2D eigenvalue weighted by atomic mass is 10.0. The largest absolute Gasteiger partial charge is 0.293 e. The fourth-order valence-corrected chi connectivity index (χ4v) is 3.60. The van der Waals surface area contributed by atoms with E-state index < -0.39 is 16.1 Å². The summed E-state index contributed by atoms with van der Waals surface area (Å²) in [7, 11) is 0. The van der Waals surface area contributed by atoms with Gasteiger partial charge in [-0.3, -0.25) is 24.6 Å². The molecule has 1 fully saturated rings. The summed E-state index contributed by atoms with van der Waals surface area (Å²) < 4.78 is 0. The van der Waals surface area contributed by atoms with E-state index in [2.05, 4.69) is 13.8 Å². The quantitative estimate of drug-likeness (QED) is 0.415. The molecule has 1 saturated heterocycles. The monoisotopic (exact) mass is 382 g/mol. The Morgan fingerprint density at radius 1 is 1.11 bits per heavy atom. The minimum absolute atomic E-state index is 0.107. The van der Waals surface area contributed by atoms with Crippen LogP contribution < -0.4 is 0 Å². The summed E-state index contributed by atoms with van der Waals surface area (Å²) in [5.74, 6) is -0.0241. The molecule has 0 spiro atoms. The van der Waals surface area contributed by atoms with E-state index in [1.165, 1.54) is 11.6 Å². The van der Waals surface area contributed by atoms with Crippen molar-refractivity contribution in [2.45, 2.75) is 26.3 Å². The maximum atomic E-state index is 12.6. The summed E-state index contributed by atoms with van der Waals surface area (Å²) in [6, 6.07) is 13.9. The molecule has 0 aliphatic carbocycles. The van der Waals surface area contributed by atoms with E-state index in [0.29, 0.717) is 16.4 Å². The SMILES string of the molecule is CC(C)c1ccc(/C=C2/SC(=O)N(Cc3ccccc3[N+](=O)[O-])C2=O)cc1. The Bertz CT molecular complexity index is 935. The number of nitro benzene ring substituents is 1. The number of benzene rings is 2. The predicted molar refractivity (Wildman–Crippen MR) is 105 cm³/mol. The standard InChI is InChI=1S/C20H18N2O4S/c1-13(2)15-9-7-14(8-10-15)11-18-19(23)21(20(24)27-18)12-16-5-3-4-6-17(16)22(25)26/h3-11,13H,12H2,1-2H3/b18-11+. The van der Waals surface area contributed by atoms with Gasteiger partial charge in [-0.1, -0.05) is 56.3 Å². The second-order valence-electron chi connectivity index (χ2n) is 6.48. The van der Waals surface area contributed by atoms with Crippen LogP contribution in [0.15, 0.2) is 53.4 Å². The first-order chi connectivity index (χ1) is 12.9. The van der Waals surface area contributed by atoms with Gasteiger partial charge in [-0.15, -0.1) is 0 Å². The Hall–Kier alpha value is -2.93. The fraction of sp³-hybridized carbons (Fsp3) is 0.200. The van der Waals surface area contributed by atoms with Crippen LogP contribution in [0.5, 0.6) is 0 Å². The van der Waals surface area contributed by atoms with Crippen molar-refractivity contribution < 1.29 is 14.5 Å². The van der Waals surface area contributed by atoms with Crippen LogP contribution in [0, 0.1) is 10.1 Å². The molecule has 0 N–H and O–H groups in total. The van der Waals surface area contributed by atoms with Crippen molar-refractivity contribution >= 4 is 34.7 Å². The van der Waals surface area contributed by atoms with Gasteiger partial charge in [0.15, 0.2) is 0 Å². The summed E-state index contributed by atoms with van der Waals surface area (Å²) >= 11 is 0.849. The zero-order valence-electron chi connectivity index (χ0n) is 14.9. The smallest absolute Gasteiger partial charge is 0.268 e. The van der Waals surface area contributed by atoms with Gasteiger partial charge in [0.1, 0.15) is 0 Å². The molecule has 27 heavy (non-hydrogen) atoms. The molecule has 6 nitrogen and oxygen atoms in total. The Morgan fingerprint density at radius 2 is 1.78 bits per heavy atom. The van der Waals surface area contributed by atoms with E-state index in [1.807, 2.05) is 24.3 Å². The third-order valence-electron chi connectivity index (χ3n) is 4.29. The number of hydrogen-bond acceptors (Lipinski definition) is 5. The van der Waals surface area contributed by atoms with Crippen LogP contribution in [0.25, 0.3) is 6.08 Å². The number of nitrogens with zero attached hydrogens (tertiary/aromatic N) is 2. The van der Waals surface area contributed by atoms with Crippen LogP contribution in [-0.2, 0) is 11.3 Å². The van der Waals surface area contributed by atoms with Gasteiger partial charge in [-0.05, 0) is 34.9 Å². The molecule has 3 rings (SSSR count). The number of carbonyl (C=O) groups excluding carboxylic acids is 2. The fourth-order valence-electron chi connectivity index (χ4n) is 2.76. The Kier molecular flexibility index (Phi) is 5.41. The highest BCUT2D eigenvalue weighted by Crippen LogP contribution is 2.34. The summed E-state index contributed by atoms with van der Waals surface area (Å²) in [6.45, 7) is 4.08. The molecule has 2 aromatic rings. The van der Waals surface area contributed by atoms with Gasteiger partial charge in [0.25, 0.3) is 16.8 Å². The molecule has 7 heteroatoms. The van der Waals surface area contributed by atoms with Crippen LogP contribution in [0.1, 0.15) is 36.5 Å². The average molecular weight is 382 g/mol. The van der Waals surface area contributed by atoms with Gasteiger partial charge >= 0.3 is 0 Å².